The van der Waals surface area contributed by atoms with Gasteiger partial charge in [0.2, 0.25) is 0 Å². The molecule has 16 heavy (non-hydrogen) atoms. The van der Waals surface area contributed by atoms with E-state index in [1.807, 2.05) is 6.26 Å². The first-order valence-corrected chi connectivity index (χ1v) is 6.23. The summed E-state index contributed by atoms with van der Waals surface area (Å²) in [7, 11) is 2.22. The quantitative estimate of drug-likeness (QED) is 0.799. The van der Waals surface area contributed by atoms with Crippen molar-refractivity contribution >= 4 is 0 Å². The number of nitrogens with one attached hydrogen (secondary N) is 1. The lowest BCUT2D eigenvalue weighted by Crippen LogP contribution is -2.48. The normalized spacial score (nSPS) is 24.7. The van der Waals surface area contributed by atoms with Crippen molar-refractivity contribution in [2.75, 3.05) is 20.1 Å². The predicted octanol–water partition coefficient (Wildman–Crippen LogP) is 2.10. The van der Waals surface area contributed by atoms with Gasteiger partial charge in [0.1, 0.15) is 0 Å². The summed E-state index contributed by atoms with van der Waals surface area (Å²) in [4.78, 5) is 2.45. The Kier molecular flexibility index (Phi) is 4.02. The lowest BCUT2D eigenvalue weighted by Gasteiger charge is -2.42. The van der Waals surface area contributed by atoms with Gasteiger partial charge in [0.15, 0.2) is 0 Å². The maximum Gasteiger partial charge on any atom is 0.0947 e. The van der Waals surface area contributed by atoms with Crippen LogP contribution in [-0.2, 0) is 6.54 Å². The molecule has 0 amide bonds. The molecule has 1 aliphatic carbocycles. The topological polar surface area (TPSA) is 28.4 Å². The SMILES string of the molecule is CCNCC1CCC1N(C)Cc1ccoc1. The molecule has 1 fully saturated rings. The molecule has 0 saturated heterocycles. The molecule has 0 radical (unpaired) electrons. The van der Waals surface area contributed by atoms with Gasteiger partial charge in [-0.1, -0.05) is 6.92 Å². The first-order chi connectivity index (χ1) is 7.81. The monoisotopic (exact) mass is 222 g/mol. The van der Waals surface area contributed by atoms with E-state index in [1.54, 1.807) is 6.26 Å². The van der Waals surface area contributed by atoms with Crippen LogP contribution in [0.3, 0.4) is 0 Å². The van der Waals surface area contributed by atoms with Crippen LogP contribution in [0.15, 0.2) is 23.0 Å². The molecule has 2 rings (SSSR count). The van der Waals surface area contributed by atoms with Crippen LogP contribution in [-0.4, -0.2) is 31.1 Å². The lowest BCUT2D eigenvalue weighted by atomic mass is 9.78. The summed E-state index contributed by atoms with van der Waals surface area (Å²) in [5.41, 5.74) is 1.27. The molecule has 3 nitrogen and oxygen atoms in total. The number of furan rings is 1. The maximum atomic E-state index is 5.10. The third-order valence-corrected chi connectivity index (χ3v) is 3.61. The van der Waals surface area contributed by atoms with E-state index in [-0.39, 0.29) is 0 Å². The minimum atomic E-state index is 0.744. The highest BCUT2D eigenvalue weighted by atomic mass is 16.3. The molecule has 1 heterocycles. The molecule has 2 atom stereocenters. The summed E-state index contributed by atoms with van der Waals surface area (Å²) in [6.45, 7) is 5.41. The molecule has 0 aromatic carbocycles. The Balaban J connectivity index is 1.78. The highest BCUT2D eigenvalue weighted by molar-refractivity contribution is 5.05. The van der Waals surface area contributed by atoms with Crippen LogP contribution in [0.25, 0.3) is 0 Å². The summed E-state index contributed by atoms with van der Waals surface area (Å²) >= 11 is 0. The highest BCUT2D eigenvalue weighted by Gasteiger charge is 2.33. The van der Waals surface area contributed by atoms with E-state index in [2.05, 4.69) is 30.3 Å². The molecule has 1 saturated carbocycles. The van der Waals surface area contributed by atoms with Crippen molar-refractivity contribution in [1.29, 1.82) is 0 Å². The Morgan fingerprint density at radius 2 is 2.38 bits per heavy atom. The van der Waals surface area contributed by atoms with Crippen LogP contribution in [0.4, 0.5) is 0 Å². The van der Waals surface area contributed by atoms with Gasteiger partial charge in [-0.15, -0.1) is 0 Å². The van der Waals surface area contributed by atoms with Gasteiger partial charge in [0.05, 0.1) is 12.5 Å². The molecule has 0 aliphatic heterocycles. The second-order valence-corrected chi connectivity index (χ2v) is 4.76. The van der Waals surface area contributed by atoms with Crippen molar-refractivity contribution in [3.05, 3.63) is 24.2 Å². The molecule has 90 valence electrons. The van der Waals surface area contributed by atoms with Crippen molar-refractivity contribution in [1.82, 2.24) is 10.2 Å². The van der Waals surface area contributed by atoms with Gasteiger partial charge in [-0.05, 0) is 45.0 Å². The van der Waals surface area contributed by atoms with Crippen molar-refractivity contribution in [2.45, 2.75) is 32.4 Å². The molecule has 3 heteroatoms. The third-order valence-electron chi connectivity index (χ3n) is 3.61. The molecule has 0 spiro atoms. The van der Waals surface area contributed by atoms with Gasteiger partial charge in [-0.25, -0.2) is 0 Å². The molecular weight excluding hydrogens is 200 g/mol. The Bertz CT molecular complexity index is 297. The molecule has 0 bridgehead atoms. The number of nitrogens with zero attached hydrogens (tertiary/aromatic N) is 1. The number of hydrogen-bond donors (Lipinski definition) is 1. The van der Waals surface area contributed by atoms with Crippen LogP contribution < -0.4 is 5.32 Å². The molecule has 1 N–H and O–H groups in total. The van der Waals surface area contributed by atoms with Crippen LogP contribution in [0.1, 0.15) is 25.3 Å². The maximum absolute atomic E-state index is 5.10. The number of hydrogen-bond acceptors (Lipinski definition) is 3. The second-order valence-electron chi connectivity index (χ2n) is 4.76. The van der Waals surface area contributed by atoms with Gasteiger partial charge >= 0.3 is 0 Å². The summed E-state index contributed by atoms with van der Waals surface area (Å²) in [5, 5.41) is 3.45. The average Bonchev–Trinajstić information content (AvgIpc) is 2.69. The van der Waals surface area contributed by atoms with E-state index in [0.29, 0.717) is 0 Å². The largest absolute Gasteiger partial charge is 0.472 e. The Morgan fingerprint density at radius 1 is 1.50 bits per heavy atom. The van der Waals surface area contributed by atoms with Gasteiger partial charge in [0, 0.05) is 18.2 Å². The average molecular weight is 222 g/mol. The fraction of sp³-hybridized carbons (Fsp3) is 0.692. The zero-order chi connectivity index (χ0) is 11.4. The fourth-order valence-corrected chi connectivity index (χ4v) is 2.49. The molecule has 2 unspecified atom stereocenters. The van der Waals surface area contributed by atoms with Crippen molar-refractivity contribution in [3.8, 4) is 0 Å². The van der Waals surface area contributed by atoms with E-state index in [9.17, 15) is 0 Å². The summed E-state index contributed by atoms with van der Waals surface area (Å²) in [6, 6.07) is 2.79. The molecular formula is C13H22N2O. The van der Waals surface area contributed by atoms with E-state index in [0.717, 1.165) is 31.6 Å². The zero-order valence-corrected chi connectivity index (χ0v) is 10.3. The van der Waals surface area contributed by atoms with Crippen LogP contribution in [0.2, 0.25) is 0 Å². The molecule has 1 aromatic heterocycles. The molecule has 1 aliphatic rings. The van der Waals surface area contributed by atoms with Crippen molar-refractivity contribution < 1.29 is 4.42 Å². The van der Waals surface area contributed by atoms with Gasteiger partial charge in [-0.2, -0.15) is 0 Å². The lowest BCUT2D eigenvalue weighted by molar-refractivity contribution is 0.0783. The van der Waals surface area contributed by atoms with Crippen LogP contribution in [0, 0.1) is 5.92 Å². The highest BCUT2D eigenvalue weighted by Crippen LogP contribution is 2.31. The minimum absolute atomic E-state index is 0.744. The van der Waals surface area contributed by atoms with Crippen LogP contribution in [0.5, 0.6) is 0 Å². The van der Waals surface area contributed by atoms with Gasteiger partial charge in [0.25, 0.3) is 0 Å². The van der Waals surface area contributed by atoms with Gasteiger partial charge in [-0.3, -0.25) is 4.90 Å². The fourth-order valence-electron chi connectivity index (χ4n) is 2.49. The van der Waals surface area contributed by atoms with E-state index >= 15 is 0 Å². The van der Waals surface area contributed by atoms with Gasteiger partial charge < -0.3 is 9.73 Å². The first-order valence-electron chi connectivity index (χ1n) is 6.23. The Morgan fingerprint density at radius 3 is 2.94 bits per heavy atom. The summed E-state index contributed by atoms with van der Waals surface area (Å²) < 4.78 is 5.10. The Labute approximate surface area is 97.8 Å². The van der Waals surface area contributed by atoms with Crippen LogP contribution >= 0.6 is 0 Å². The standard InChI is InChI=1S/C13H22N2O/c1-3-14-8-12-4-5-13(12)15(2)9-11-6-7-16-10-11/h6-7,10,12-14H,3-5,8-9H2,1-2H3. The summed E-state index contributed by atoms with van der Waals surface area (Å²) in [6.07, 6.45) is 6.30. The van der Waals surface area contributed by atoms with E-state index in [1.165, 1.54) is 18.4 Å². The first kappa shape index (κ1) is 11.7. The third kappa shape index (κ3) is 2.66. The second kappa shape index (κ2) is 5.51. The van der Waals surface area contributed by atoms with E-state index in [4.69, 9.17) is 4.42 Å². The van der Waals surface area contributed by atoms with E-state index < -0.39 is 0 Å². The smallest absolute Gasteiger partial charge is 0.0947 e. The zero-order valence-electron chi connectivity index (χ0n) is 10.3. The summed E-state index contributed by atoms with van der Waals surface area (Å²) in [5.74, 6) is 0.830. The Hall–Kier alpha value is -0.800. The van der Waals surface area contributed by atoms with Crippen molar-refractivity contribution in [3.63, 3.8) is 0 Å². The van der Waals surface area contributed by atoms with Crippen molar-refractivity contribution in [2.24, 2.45) is 5.92 Å². The minimum Gasteiger partial charge on any atom is -0.472 e. The molecule has 1 aromatic rings. The predicted molar refractivity (Wildman–Crippen MR) is 65.2 cm³/mol. The number of rotatable bonds is 6.